The van der Waals surface area contributed by atoms with Crippen LogP contribution in [0.5, 0.6) is 0 Å². The fourth-order valence-corrected chi connectivity index (χ4v) is 2.13. The summed E-state index contributed by atoms with van der Waals surface area (Å²) in [6, 6.07) is 2.97. The normalized spacial score (nSPS) is 16.1. The number of aliphatic hydroxyl groups is 1. The fourth-order valence-electron chi connectivity index (χ4n) is 2.13. The topological polar surface area (TPSA) is 23.5 Å². The zero-order valence-electron chi connectivity index (χ0n) is 10.3. The van der Waals surface area contributed by atoms with Crippen molar-refractivity contribution in [2.75, 3.05) is 13.2 Å². The third-order valence-corrected chi connectivity index (χ3v) is 3.20. The molecule has 0 spiro atoms. The van der Waals surface area contributed by atoms with E-state index in [1.807, 2.05) is 4.90 Å². The van der Waals surface area contributed by atoms with Gasteiger partial charge in [0.25, 0.3) is 0 Å². The summed E-state index contributed by atoms with van der Waals surface area (Å²) in [5.74, 6) is -0.892. The monoisotopic (exact) mass is 277 g/mol. The Morgan fingerprint density at radius 1 is 1.26 bits per heavy atom. The van der Waals surface area contributed by atoms with Gasteiger partial charge in [-0.05, 0) is 30.5 Å². The summed E-state index contributed by atoms with van der Waals surface area (Å²) < 4.78 is 51.5. The van der Waals surface area contributed by atoms with Gasteiger partial charge in [-0.25, -0.2) is 4.39 Å². The van der Waals surface area contributed by atoms with Crippen molar-refractivity contribution < 1.29 is 22.7 Å². The lowest BCUT2D eigenvalue weighted by atomic mass is 10.1. The molecule has 1 fully saturated rings. The maximum absolute atomic E-state index is 13.0. The molecular formula is C13H15F4NO. The minimum absolute atomic E-state index is 0.0502. The van der Waals surface area contributed by atoms with Crippen molar-refractivity contribution in [2.24, 2.45) is 0 Å². The molecule has 1 saturated carbocycles. The SMILES string of the molecule is OCCN(Cc1ccc(F)cc1C(F)(F)F)C1CC1. The van der Waals surface area contributed by atoms with E-state index in [2.05, 4.69) is 0 Å². The molecule has 0 bridgehead atoms. The third kappa shape index (κ3) is 3.67. The predicted octanol–water partition coefficient (Wildman–Crippen LogP) is 2.80. The van der Waals surface area contributed by atoms with Gasteiger partial charge >= 0.3 is 6.18 Å². The number of alkyl halides is 3. The lowest BCUT2D eigenvalue weighted by Crippen LogP contribution is -2.29. The number of rotatable bonds is 5. The Morgan fingerprint density at radius 2 is 1.95 bits per heavy atom. The first-order chi connectivity index (χ1) is 8.91. The molecule has 0 atom stereocenters. The molecule has 0 radical (unpaired) electrons. The van der Waals surface area contributed by atoms with Crippen molar-refractivity contribution >= 4 is 0 Å². The van der Waals surface area contributed by atoms with Crippen LogP contribution in [0.2, 0.25) is 0 Å². The fraction of sp³-hybridized carbons (Fsp3) is 0.538. The van der Waals surface area contributed by atoms with Crippen LogP contribution in [0.3, 0.4) is 0 Å². The zero-order chi connectivity index (χ0) is 14.0. The molecule has 106 valence electrons. The van der Waals surface area contributed by atoms with Crippen molar-refractivity contribution in [3.05, 3.63) is 35.1 Å². The lowest BCUT2D eigenvalue weighted by Gasteiger charge is -2.23. The Hall–Kier alpha value is -1.14. The van der Waals surface area contributed by atoms with Gasteiger partial charge in [-0.2, -0.15) is 13.2 Å². The molecule has 1 aliphatic rings. The highest BCUT2D eigenvalue weighted by Gasteiger charge is 2.35. The molecular weight excluding hydrogens is 262 g/mol. The summed E-state index contributed by atoms with van der Waals surface area (Å²) in [5, 5.41) is 8.94. The average Bonchev–Trinajstić information content (AvgIpc) is 3.13. The van der Waals surface area contributed by atoms with E-state index in [9.17, 15) is 17.6 Å². The molecule has 1 aromatic carbocycles. The average molecular weight is 277 g/mol. The van der Waals surface area contributed by atoms with Gasteiger partial charge in [0.2, 0.25) is 0 Å². The molecule has 0 heterocycles. The molecule has 0 amide bonds. The first-order valence-electron chi connectivity index (χ1n) is 6.12. The second-order valence-electron chi connectivity index (χ2n) is 4.72. The van der Waals surface area contributed by atoms with E-state index < -0.39 is 17.6 Å². The molecule has 2 rings (SSSR count). The van der Waals surface area contributed by atoms with E-state index in [-0.39, 0.29) is 24.8 Å². The molecule has 1 aromatic rings. The second-order valence-corrected chi connectivity index (χ2v) is 4.72. The molecule has 1 N–H and O–H groups in total. The van der Waals surface area contributed by atoms with Crippen molar-refractivity contribution in [2.45, 2.75) is 31.6 Å². The summed E-state index contributed by atoms with van der Waals surface area (Å²) in [6.07, 6.45) is -2.70. The van der Waals surface area contributed by atoms with Crippen molar-refractivity contribution in [3.63, 3.8) is 0 Å². The Labute approximate surface area is 108 Å². The van der Waals surface area contributed by atoms with Crippen LogP contribution >= 0.6 is 0 Å². The minimum Gasteiger partial charge on any atom is -0.395 e. The molecule has 0 unspecified atom stereocenters. The standard InChI is InChI=1S/C13H15F4NO/c14-10-2-1-9(12(7-10)13(15,16)17)8-18(5-6-19)11-3-4-11/h1-2,7,11,19H,3-6,8H2. The van der Waals surface area contributed by atoms with Gasteiger partial charge in [0.15, 0.2) is 0 Å². The molecule has 0 saturated heterocycles. The smallest absolute Gasteiger partial charge is 0.395 e. The Balaban J connectivity index is 2.23. The molecule has 0 aromatic heterocycles. The second kappa shape index (κ2) is 5.46. The number of hydrogen-bond acceptors (Lipinski definition) is 2. The number of benzene rings is 1. The number of nitrogens with zero attached hydrogens (tertiary/aromatic N) is 1. The molecule has 0 aliphatic heterocycles. The molecule has 6 heteroatoms. The highest BCUT2D eigenvalue weighted by molar-refractivity contribution is 5.30. The largest absolute Gasteiger partial charge is 0.416 e. The van der Waals surface area contributed by atoms with Crippen LogP contribution in [0.25, 0.3) is 0 Å². The lowest BCUT2D eigenvalue weighted by molar-refractivity contribution is -0.138. The van der Waals surface area contributed by atoms with Crippen LogP contribution in [0.15, 0.2) is 18.2 Å². The van der Waals surface area contributed by atoms with Gasteiger partial charge in [-0.1, -0.05) is 6.07 Å². The van der Waals surface area contributed by atoms with E-state index in [0.717, 1.165) is 18.9 Å². The Morgan fingerprint density at radius 3 is 2.47 bits per heavy atom. The van der Waals surface area contributed by atoms with Crippen molar-refractivity contribution in [1.29, 1.82) is 0 Å². The number of halogens is 4. The van der Waals surface area contributed by atoms with Crippen LogP contribution in [0.1, 0.15) is 24.0 Å². The first-order valence-corrected chi connectivity index (χ1v) is 6.12. The van der Waals surface area contributed by atoms with Gasteiger partial charge in [0.1, 0.15) is 5.82 Å². The van der Waals surface area contributed by atoms with E-state index in [4.69, 9.17) is 5.11 Å². The summed E-state index contributed by atoms with van der Waals surface area (Å²) >= 11 is 0. The highest BCUT2D eigenvalue weighted by Crippen LogP contribution is 2.35. The summed E-state index contributed by atoms with van der Waals surface area (Å²) in [4.78, 5) is 1.81. The van der Waals surface area contributed by atoms with Crippen molar-refractivity contribution in [3.8, 4) is 0 Å². The summed E-state index contributed by atoms with van der Waals surface area (Å²) in [7, 11) is 0. The number of hydrogen-bond donors (Lipinski definition) is 1. The van der Waals surface area contributed by atoms with E-state index in [1.165, 1.54) is 6.07 Å². The van der Waals surface area contributed by atoms with Crippen LogP contribution in [-0.2, 0) is 12.7 Å². The predicted molar refractivity (Wildman–Crippen MR) is 61.9 cm³/mol. The Bertz CT molecular complexity index is 443. The van der Waals surface area contributed by atoms with E-state index in [0.29, 0.717) is 12.6 Å². The van der Waals surface area contributed by atoms with Crippen LogP contribution < -0.4 is 0 Å². The molecule has 2 nitrogen and oxygen atoms in total. The maximum Gasteiger partial charge on any atom is 0.416 e. The van der Waals surface area contributed by atoms with Crippen LogP contribution in [-0.4, -0.2) is 29.2 Å². The van der Waals surface area contributed by atoms with Crippen LogP contribution in [0, 0.1) is 5.82 Å². The van der Waals surface area contributed by atoms with E-state index >= 15 is 0 Å². The Kier molecular flexibility index (Phi) is 4.10. The van der Waals surface area contributed by atoms with Gasteiger partial charge < -0.3 is 5.11 Å². The zero-order valence-corrected chi connectivity index (χ0v) is 10.3. The van der Waals surface area contributed by atoms with Gasteiger partial charge in [0.05, 0.1) is 12.2 Å². The summed E-state index contributed by atoms with van der Waals surface area (Å²) in [5.41, 5.74) is -0.884. The quantitative estimate of drug-likeness (QED) is 0.837. The summed E-state index contributed by atoms with van der Waals surface area (Å²) in [6.45, 7) is 0.318. The minimum atomic E-state index is -4.56. The van der Waals surface area contributed by atoms with E-state index in [1.54, 1.807) is 0 Å². The van der Waals surface area contributed by atoms with Gasteiger partial charge in [-0.3, -0.25) is 4.90 Å². The number of aliphatic hydroxyl groups excluding tert-OH is 1. The first kappa shape index (κ1) is 14.3. The molecule has 1 aliphatic carbocycles. The third-order valence-electron chi connectivity index (χ3n) is 3.20. The van der Waals surface area contributed by atoms with Gasteiger partial charge in [0, 0.05) is 19.1 Å². The van der Waals surface area contributed by atoms with Crippen molar-refractivity contribution in [1.82, 2.24) is 4.90 Å². The van der Waals surface area contributed by atoms with Crippen LogP contribution in [0.4, 0.5) is 17.6 Å². The maximum atomic E-state index is 13.0. The van der Waals surface area contributed by atoms with Gasteiger partial charge in [-0.15, -0.1) is 0 Å². The highest BCUT2D eigenvalue weighted by atomic mass is 19.4. The molecule has 19 heavy (non-hydrogen) atoms.